The van der Waals surface area contributed by atoms with E-state index in [-0.39, 0.29) is 24.0 Å². The van der Waals surface area contributed by atoms with Crippen molar-refractivity contribution in [3.8, 4) is 6.07 Å². The third-order valence-electron chi connectivity index (χ3n) is 3.31. The Hall–Kier alpha value is -1.29. The Balaban J connectivity index is 0.00000180. The number of hydrogen-bond acceptors (Lipinski definition) is 2. The van der Waals surface area contributed by atoms with Crippen molar-refractivity contribution in [3.05, 3.63) is 35.4 Å². The molecule has 0 spiro atoms. The zero-order valence-electron chi connectivity index (χ0n) is 10.8. The van der Waals surface area contributed by atoms with Gasteiger partial charge in [0.15, 0.2) is 5.96 Å². The molecule has 0 atom stereocenters. The lowest BCUT2D eigenvalue weighted by molar-refractivity contribution is 0.315. The molecule has 3 N–H and O–H groups in total. The topological polar surface area (TPSA) is 74.2 Å². The van der Waals surface area contributed by atoms with Gasteiger partial charge in [0.05, 0.1) is 18.2 Å². The van der Waals surface area contributed by atoms with Crippen LogP contribution >= 0.6 is 24.0 Å². The van der Waals surface area contributed by atoms with Crippen LogP contribution in [-0.4, -0.2) is 12.5 Å². The van der Waals surface area contributed by atoms with Gasteiger partial charge in [-0.25, -0.2) is 4.99 Å². The molecule has 102 valence electrons. The maximum absolute atomic E-state index is 8.69. The van der Waals surface area contributed by atoms with Crippen LogP contribution in [0.5, 0.6) is 0 Å². The van der Waals surface area contributed by atoms with Crippen LogP contribution in [0.15, 0.2) is 29.3 Å². The summed E-state index contributed by atoms with van der Waals surface area (Å²) in [6.07, 6.45) is 3.94. The molecular formula is C14H19IN4. The molecule has 0 aromatic heterocycles. The van der Waals surface area contributed by atoms with Crippen molar-refractivity contribution >= 4 is 29.9 Å². The molecule has 1 saturated carbocycles. The smallest absolute Gasteiger partial charge is 0.188 e. The summed E-state index contributed by atoms with van der Waals surface area (Å²) in [5.41, 5.74) is 7.51. The van der Waals surface area contributed by atoms with Gasteiger partial charge in [-0.2, -0.15) is 5.26 Å². The second-order valence-corrected chi connectivity index (χ2v) is 4.69. The fourth-order valence-corrected chi connectivity index (χ4v) is 1.86. The van der Waals surface area contributed by atoms with Crippen LogP contribution in [0.25, 0.3) is 0 Å². The predicted molar refractivity (Wildman–Crippen MR) is 87.2 cm³/mol. The standard InChI is InChI=1S/C14H18N4.HI/c15-8-11-4-6-13(7-5-11)10-18-14(16)17-9-12-2-1-3-12;/h4-7,12H,1-3,9-10H2,(H3,16,17,18);1H. The summed E-state index contributed by atoms with van der Waals surface area (Å²) >= 11 is 0. The fourth-order valence-electron chi connectivity index (χ4n) is 1.86. The maximum Gasteiger partial charge on any atom is 0.188 e. The molecular weight excluding hydrogens is 351 g/mol. The van der Waals surface area contributed by atoms with Crippen molar-refractivity contribution in [3.63, 3.8) is 0 Å². The lowest BCUT2D eigenvalue weighted by Crippen LogP contribution is -2.37. The largest absolute Gasteiger partial charge is 0.370 e. The highest BCUT2D eigenvalue weighted by molar-refractivity contribution is 14.0. The van der Waals surface area contributed by atoms with Crippen LogP contribution in [0.4, 0.5) is 0 Å². The number of guanidine groups is 1. The Morgan fingerprint density at radius 2 is 2.05 bits per heavy atom. The maximum atomic E-state index is 8.69. The molecule has 1 aliphatic rings. The first-order chi connectivity index (χ1) is 8.78. The number of nitrogens with two attached hydrogens (primary N) is 1. The Morgan fingerprint density at radius 1 is 1.37 bits per heavy atom. The van der Waals surface area contributed by atoms with Gasteiger partial charge in [0, 0.05) is 6.54 Å². The zero-order valence-corrected chi connectivity index (χ0v) is 13.1. The molecule has 1 fully saturated rings. The van der Waals surface area contributed by atoms with E-state index in [2.05, 4.69) is 16.4 Å². The second kappa shape index (κ2) is 8.00. The Morgan fingerprint density at radius 3 is 2.58 bits per heavy atom. The highest BCUT2D eigenvalue weighted by atomic mass is 127. The van der Waals surface area contributed by atoms with E-state index in [1.807, 2.05) is 12.1 Å². The SMILES string of the molecule is I.N#Cc1ccc(CN=C(N)NCC2CCC2)cc1. The quantitative estimate of drug-likeness (QED) is 0.486. The fraction of sp³-hybridized carbons (Fsp3) is 0.429. The van der Waals surface area contributed by atoms with Gasteiger partial charge < -0.3 is 11.1 Å². The molecule has 0 heterocycles. The minimum Gasteiger partial charge on any atom is -0.370 e. The molecule has 1 aromatic rings. The number of nitrogens with zero attached hydrogens (tertiary/aromatic N) is 2. The van der Waals surface area contributed by atoms with Gasteiger partial charge >= 0.3 is 0 Å². The van der Waals surface area contributed by atoms with Gasteiger partial charge in [0.25, 0.3) is 0 Å². The van der Waals surface area contributed by atoms with E-state index in [0.717, 1.165) is 18.0 Å². The van der Waals surface area contributed by atoms with E-state index in [1.165, 1.54) is 19.3 Å². The summed E-state index contributed by atoms with van der Waals surface area (Å²) in [5, 5.41) is 11.8. The molecule has 0 aliphatic heterocycles. The van der Waals surface area contributed by atoms with Crippen LogP contribution in [0.1, 0.15) is 30.4 Å². The molecule has 1 aliphatic carbocycles. The van der Waals surface area contributed by atoms with Crippen molar-refractivity contribution in [2.24, 2.45) is 16.6 Å². The highest BCUT2D eigenvalue weighted by Gasteiger charge is 2.16. The van der Waals surface area contributed by atoms with E-state index < -0.39 is 0 Å². The molecule has 0 saturated heterocycles. The van der Waals surface area contributed by atoms with Crippen LogP contribution < -0.4 is 11.1 Å². The predicted octanol–water partition coefficient (Wildman–Crippen LogP) is 2.38. The van der Waals surface area contributed by atoms with Crippen LogP contribution in [0, 0.1) is 17.2 Å². The summed E-state index contributed by atoms with van der Waals surface area (Å²) < 4.78 is 0. The lowest BCUT2D eigenvalue weighted by atomic mass is 9.85. The van der Waals surface area contributed by atoms with E-state index in [0.29, 0.717) is 18.1 Å². The van der Waals surface area contributed by atoms with Gasteiger partial charge in [0.2, 0.25) is 0 Å². The van der Waals surface area contributed by atoms with Crippen LogP contribution in [0.3, 0.4) is 0 Å². The van der Waals surface area contributed by atoms with Crippen molar-refractivity contribution in [2.45, 2.75) is 25.8 Å². The average molecular weight is 370 g/mol. The molecule has 0 bridgehead atoms. The van der Waals surface area contributed by atoms with Gasteiger partial charge in [-0.05, 0) is 36.5 Å². The van der Waals surface area contributed by atoms with E-state index in [1.54, 1.807) is 12.1 Å². The molecule has 1 aromatic carbocycles. The Bertz CT molecular complexity index is 457. The first-order valence-electron chi connectivity index (χ1n) is 6.31. The molecule has 4 nitrogen and oxygen atoms in total. The van der Waals surface area contributed by atoms with E-state index in [4.69, 9.17) is 11.0 Å². The average Bonchev–Trinajstić information content (AvgIpc) is 2.35. The van der Waals surface area contributed by atoms with Crippen molar-refractivity contribution in [2.75, 3.05) is 6.54 Å². The third kappa shape index (κ3) is 5.07. The third-order valence-corrected chi connectivity index (χ3v) is 3.31. The number of hydrogen-bond donors (Lipinski definition) is 2. The van der Waals surface area contributed by atoms with Crippen LogP contribution in [-0.2, 0) is 6.54 Å². The lowest BCUT2D eigenvalue weighted by Gasteiger charge is -2.25. The zero-order chi connectivity index (χ0) is 12.8. The molecule has 19 heavy (non-hydrogen) atoms. The summed E-state index contributed by atoms with van der Waals surface area (Å²) in [6.45, 7) is 1.48. The monoisotopic (exact) mass is 370 g/mol. The Labute approximate surface area is 131 Å². The first kappa shape index (κ1) is 15.8. The molecule has 0 radical (unpaired) electrons. The van der Waals surface area contributed by atoms with Crippen LogP contribution in [0.2, 0.25) is 0 Å². The van der Waals surface area contributed by atoms with Crippen molar-refractivity contribution < 1.29 is 0 Å². The van der Waals surface area contributed by atoms with Crippen molar-refractivity contribution in [1.29, 1.82) is 5.26 Å². The van der Waals surface area contributed by atoms with Gasteiger partial charge in [-0.1, -0.05) is 18.6 Å². The normalized spacial score (nSPS) is 15.0. The van der Waals surface area contributed by atoms with E-state index >= 15 is 0 Å². The highest BCUT2D eigenvalue weighted by Crippen LogP contribution is 2.24. The van der Waals surface area contributed by atoms with Gasteiger partial charge in [-0.3, -0.25) is 0 Å². The Kier molecular flexibility index (Phi) is 6.64. The number of benzene rings is 1. The number of nitriles is 1. The van der Waals surface area contributed by atoms with Gasteiger partial charge in [-0.15, -0.1) is 24.0 Å². The summed E-state index contributed by atoms with van der Waals surface area (Å²) in [4.78, 5) is 4.28. The summed E-state index contributed by atoms with van der Waals surface area (Å²) in [5.74, 6) is 1.28. The number of rotatable bonds is 4. The summed E-state index contributed by atoms with van der Waals surface area (Å²) in [6, 6.07) is 9.49. The molecule has 2 rings (SSSR count). The molecule has 0 amide bonds. The van der Waals surface area contributed by atoms with Crippen molar-refractivity contribution in [1.82, 2.24) is 5.32 Å². The first-order valence-corrected chi connectivity index (χ1v) is 6.31. The minimum atomic E-state index is 0. The van der Waals surface area contributed by atoms with E-state index in [9.17, 15) is 0 Å². The molecule has 5 heteroatoms. The summed E-state index contributed by atoms with van der Waals surface area (Å²) in [7, 11) is 0. The number of nitrogens with one attached hydrogen (secondary N) is 1. The minimum absolute atomic E-state index is 0. The number of halogens is 1. The number of aliphatic imine (C=N–C) groups is 1. The second-order valence-electron chi connectivity index (χ2n) is 4.69. The molecule has 0 unspecified atom stereocenters. The van der Waals surface area contributed by atoms with Gasteiger partial charge in [0.1, 0.15) is 0 Å².